The van der Waals surface area contributed by atoms with E-state index >= 15 is 0 Å². The summed E-state index contributed by atoms with van der Waals surface area (Å²) in [4.78, 5) is 2.00. The van der Waals surface area contributed by atoms with Crippen molar-refractivity contribution in [2.24, 2.45) is 0 Å². The summed E-state index contributed by atoms with van der Waals surface area (Å²) in [6.07, 6.45) is 23.8. The molecule has 0 saturated carbocycles. The van der Waals surface area contributed by atoms with Crippen molar-refractivity contribution < 1.29 is 0 Å². The van der Waals surface area contributed by atoms with Crippen LogP contribution in [0, 0.1) is 6.92 Å². The number of nitrogens with zero attached hydrogens (tertiary/aromatic N) is 1. The van der Waals surface area contributed by atoms with E-state index in [9.17, 15) is 0 Å². The van der Waals surface area contributed by atoms with E-state index in [1.165, 1.54) is 83.5 Å². The highest BCUT2D eigenvalue weighted by molar-refractivity contribution is 4.81. The van der Waals surface area contributed by atoms with E-state index < -0.39 is 0 Å². The van der Waals surface area contributed by atoms with Crippen LogP contribution < -0.4 is 0 Å². The molecule has 1 radical (unpaired) electrons. The van der Waals surface area contributed by atoms with Gasteiger partial charge >= 0.3 is 0 Å². The maximum absolute atomic E-state index is 3.87. The molecule has 0 unspecified atom stereocenters. The van der Waals surface area contributed by atoms with E-state index in [4.69, 9.17) is 0 Å². The molecule has 1 heteroatoms. The zero-order valence-electron chi connectivity index (χ0n) is 16.2. The van der Waals surface area contributed by atoms with Crippen molar-refractivity contribution in [3.8, 4) is 0 Å². The number of rotatable bonds is 14. The first-order valence-corrected chi connectivity index (χ1v) is 9.70. The zero-order chi connectivity index (χ0) is 16.9. The minimum Gasteiger partial charge on any atom is -0.312 e. The van der Waals surface area contributed by atoms with Gasteiger partial charge in [0, 0.05) is 0 Å². The lowest BCUT2D eigenvalue weighted by Crippen LogP contribution is -1.99. The summed E-state index contributed by atoms with van der Waals surface area (Å²) in [5, 5.41) is 0. The molecule has 0 amide bonds. The lowest BCUT2D eigenvalue weighted by atomic mass is 10.1. The van der Waals surface area contributed by atoms with Crippen LogP contribution in [0.25, 0.3) is 0 Å². The van der Waals surface area contributed by atoms with Gasteiger partial charge in [-0.1, -0.05) is 90.2 Å². The highest BCUT2D eigenvalue weighted by Crippen LogP contribution is 2.09. The predicted molar refractivity (Wildman–Crippen MR) is 104 cm³/mol. The normalized spacial score (nSPS) is 11.0. The molecule has 0 bridgehead atoms. The smallest absolute Gasteiger partial charge is 0.0140 e. The molecule has 0 heterocycles. The first-order chi connectivity index (χ1) is 10.6. The van der Waals surface area contributed by atoms with Crippen LogP contribution >= 0.6 is 0 Å². The van der Waals surface area contributed by atoms with Crippen molar-refractivity contribution in [1.82, 2.24) is 4.90 Å². The molecule has 22 heavy (non-hydrogen) atoms. The van der Waals surface area contributed by atoms with Gasteiger partial charge in [-0.2, -0.15) is 0 Å². The summed E-state index contributed by atoms with van der Waals surface area (Å²) in [5.41, 5.74) is 0. The van der Waals surface area contributed by atoms with E-state index in [0.29, 0.717) is 0 Å². The van der Waals surface area contributed by atoms with Crippen molar-refractivity contribution in [2.45, 2.75) is 96.8 Å². The largest absolute Gasteiger partial charge is 0.312 e. The fourth-order valence-corrected chi connectivity index (χ4v) is 2.25. The molecular weight excluding hydrogens is 266 g/mol. The minimum atomic E-state index is 1.11. The molecule has 0 atom stereocenters. The lowest BCUT2D eigenvalue weighted by Gasteiger charge is -1.98. The molecule has 133 valence electrons. The third kappa shape index (κ3) is 31.9. The highest BCUT2D eigenvalue weighted by atomic mass is 15.0. The quantitative estimate of drug-likeness (QED) is 0.246. The van der Waals surface area contributed by atoms with Gasteiger partial charge in [-0.3, -0.25) is 0 Å². The van der Waals surface area contributed by atoms with Crippen molar-refractivity contribution >= 4 is 0 Å². The van der Waals surface area contributed by atoms with Gasteiger partial charge in [0.15, 0.2) is 0 Å². The maximum Gasteiger partial charge on any atom is -0.0140 e. The standard InChI is InChI=1S/C18H35.C3H9N/c1-3-5-7-9-11-13-15-17-18-16-14-12-10-8-6-4-2;1-4(2)3/h17-18H,1,3-16H2,2H3;1-3H3/b18-17-;. The van der Waals surface area contributed by atoms with Crippen LogP contribution in [0.3, 0.4) is 0 Å². The van der Waals surface area contributed by atoms with E-state index in [2.05, 4.69) is 26.0 Å². The first kappa shape index (κ1) is 24.0. The summed E-state index contributed by atoms with van der Waals surface area (Å²) >= 11 is 0. The van der Waals surface area contributed by atoms with Gasteiger partial charge in [0.05, 0.1) is 0 Å². The Morgan fingerprint density at radius 1 is 0.636 bits per heavy atom. The van der Waals surface area contributed by atoms with Gasteiger partial charge in [-0.25, -0.2) is 0 Å². The number of unbranched alkanes of at least 4 members (excludes halogenated alkanes) is 12. The Morgan fingerprint density at radius 2 is 1.00 bits per heavy atom. The molecule has 0 aliphatic heterocycles. The molecule has 0 spiro atoms. The molecule has 0 aromatic heterocycles. The molecular formula is C21H44N. The molecule has 0 saturated heterocycles. The topological polar surface area (TPSA) is 3.24 Å². The summed E-state index contributed by atoms with van der Waals surface area (Å²) in [6, 6.07) is 0. The molecule has 0 aromatic rings. The van der Waals surface area contributed by atoms with Crippen LogP contribution in [0.1, 0.15) is 96.8 Å². The Bertz CT molecular complexity index is 175. The predicted octanol–water partition coefficient (Wildman–Crippen LogP) is 7.04. The van der Waals surface area contributed by atoms with Crippen LogP contribution in [0.5, 0.6) is 0 Å². The Labute approximate surface area is 142 Å². The summed E-state index contributed by atoms with van der Waals surface area (Å²) < 4.78 is 0. The average Bonchev–Trinajstić information content (AvgIpc) is 2.47. The third-order valence-corrected chi connectivity index (χ3v) is 3.51. The molecule has 0 rings (SSSR count). The number of hydrogen-bond donors (Lipinski definition) is 0. The molecule has 0 aliphatic carbocycles. The SMILES string of the molecule is CN(C)C.[CH2]CCCCCCC/C=C\CCCCCCCC. The van der Waals surface area contributed by atoms with Crippen molar-refractivity contribution in [3.63, 3.8) is 0 Å². The van der Waals surface area contributed by atoms with Crippen LogP contribution in [-0.2, 0) is 0 Å². The van der Waals surface area contributed by atoms with Crippen molar-refractivity contribution in [2.75, 3.05) is 21.1 Å². The Balaban J connectivity index is 0. The van der Waals surface area contributed by atoms with Gasteiger partial charge < -0.3 is 4.90 Å². The average molecular weight is 311 g/mol. The Kier molecular flexibility index (Phi) is 25.0. The van der Waals surface area contributed by atoms with E-state index in [1.54, 1.807) is 0 Å². The van der Waals surface area contributed by atoms with E-state index in [-0.39, 0.29) is 0 Å². The van der Waals surface area contributed by atoms with Crippen molar-refractivity contribution in [1.29, 1.82) is 0 Å². The summed E-state index contributed by atoms with van der Waals surface area (Å²) in [7, 11) is 6.00. The second-order valence-corrected chi connectivity index (χ2v) is 6.78. The Hall–Kier alpha value is -0.300. The maximum atomic E-state index is 3.87. The van der Waals surface area contributed by atoms with Crippen LogP contribution in [0.15, 0.2) is 12.2 Å². The monoisotopic (exact) mass is 310 g/mol. The first-order valence-electron chi connectivity index (χ1n) is 9.70. The number of hydrogen-bond acceptors (Lipinski definition) is 1. The fraction of sp³-hybridized carbons (Fsp3) is 0.857. The highest BCUT2D eigenvalue weighted by Gasteiger charge is 1.89. The third-order valence-electron chi connectivity index (χ3n) is 3.51. The molecule has 0 aromatic carbocycles. The molecule has 0 N–H and O–H groups in total. The fourth-order valence-electron chi connectivity index (χ4n) is 2.25. The second-order valence-electron chi connectivity index (χ2n) is 6.78. The van der Waals surface area contributed by atoms with Gasteiger partial charge in [-0.15, -0.1) is 0 Å². The second kappa shape index (κ2) is 23.0. The van der Waals surface area contributed by atoms with E-state index in [0.717, 1.165) is 6.42 Å². The summed E-state index contributed by atoms with van der Waals surface area (Å²) in [6.45, 7) is 6.15. The van der Waals surface area contributed by atoms with Gasteiger partial charge in [0.1, 0.15) is 0 Å². The molecule has 0 aliphatic rings. The van der Waals surface area contributed by atoms with Gasteiger partial charge in [-0.05, 0) is 46.8 Å². The van der Waals surface area contributed by atoms with Crippen LogP contribution in [0.2, 0.25) is 0 Å². The number of allylic oxidation sites excluding steroid dienone is 2. The van der Waals surface area contributed by atoms with Crippen LogP contribution in [0.4, 0.5) is 0 Å². The minimum absolute atomic E-state index is 1.11. The van der Waals surface area contributed by atoms with Gasteiger partial charge in [0.25, 0.3) is 0 Å². The van der Waals surface area contributed by atoms with Crippen molar-refractivity contribution in [3.05, 3.63) is 19.1 Å². The summed E-state index contributed by atoms with van der Waals surface area (Å²) in [5.74, 6) is 0. The van der Waals surface area contributed by atoms with Crippen LogP contribution in [-0.4, -0.2) is 26.0 Å². The molecule has 1 nitrogen and oxygen atoms in total. The zero-order valence-corrected chi connectivity index (χ0v) is 16.2. The van der Waals surface area contributed by atoms with Gasteiger partial charge in [0.2, 0.25) is 0 Å². The lowest BCUT2D eigenvalue weighted by molar-refractivity contribution is 0.505. The molecule has 0 fully saturated rings. The van der Waals surface area contributed by atoms with E-state index in [1.807, 2.05) is 26.0 Å². The Morgan fingerprint density at radius 3 is 1.41 bits per heavy atom.